The van der Waals surface area contributed by atoms with Crippen molar-refractivity contribution in [1.29, 1.82) is 0 Å². The van der Waals surface area contributed by atoms with Crippen molar-refractivity contribution in [3.05, 3.63) is 0 Å². The highest BCUT2D eigenvalue weighted by Crippen LogP contribution is 2.28. The highest BCUT2D eigenvalue weighted by atomic mass is 19.4. The van der Waals surface area contributed by atoms with Crippen molar-refractivity contribution < 1.29 is 27.5 Å². The van der Waals surface area contributed by atoms with E-state index in [1.807, 2.05) is 0 Å². The predicted octanol–water partition coefficient (Wildman–Crippen LogP) is 2.67. The molecule has 0 spiro atoms. The van der Waals surface area contributed by atoms with Crippen molar-refractivity contribution in [2.45, 2.75) is 53.3 Å². The van der Waals surface area contributed by atoms with Gasteiger partial charge in [0, 0.05) is 6.04 Å². The van der Waals surface area contributed by atoms with Crippen LogP contribution in [0.2, 0.25) is 0 Å². The topological polar surface area (TPSA) is 55.4 Å². The number of carbonyl (C=O) groups excluding carboxylic acids is 2. The summed E-state index contributed by atoms with van der Waals surface area (Å²) in [6.07, 6.45) is -5.51. The summed E-state index contributed by atoms with van der Waals surface area (Å²) < 4.78 is 41.5. The minimum Gasteiger partial charge on any atom is -0.465 e. The van der Waals surface area contributed by atoms with Crippen LogP contribution in [0.3, 0.4) is 0 Å². The molecule has 0 aliphatic rings. The number of esters is 1. The molecule has 4 nitrogen and oxygen atoms in total. The van der Waals surface area contributed by atoms with Gasteiger partial charge in [-0.2, -0.15) is 13.2 Å². The number of amides is 1. The van der Waals surface area contributed by atoms with E-state index in [9.17, 15) is 22.8 Å². The lowest BCUT2D eigenvalue weighted by Crippen LogP contribution is -2.47. The van der Waals surface area contributed by atoms with Gasteiger partial charge in [-0.05, 0) is 19.3 Å². The molecule has 0 saturated carbocycles. The van der Waals surface area contributed by atoms with Crippen molar-refractivity contribution in [1.82, 2.24) is 5.32 Å². The Morgan fingerprint density at radius 1 is 1.20 bits per heavy atom. The number of nitrogens with one attached hydrogen (secondary N) is 1. The zero-order valence-corrected chi connectivity index (χ0v) is 12.4. The Bertz CT molecular complexity index is 348. The summed E-state index contributed by atoms with van der Waals surface area (Å²) in [5, 5.41) is 2.22. The molecule has 1 N–H and O–H groups in total. The summed E-state index contributed by atoms with van der Waals surface area (Å²) >= 11 is 0. The average Bonchev–Trinajstić information content (AvgIpc) is 2.10. The summed E-state index contributed by atoms with van der Waals surface area (Å²) in [4.78, 5) is 23.8. The Morgan fingerprint density at radius 3 is 2.05 bits per heavy atom. The minimum atomic E-state index is -4.37. The van der Waals surface area contributed by atoms with E-state index < -0.39 is 41.8 Å². The second kappa shape index (κ2) is 6.95. The van der Waals surface area contributed by atoms with E-state index in [0.717, 1.165) is 0 Å². The number of hydrogen-bond donors (Lipinski definition) is 1. The molecule has 118 valence electrons. The highest BCUT2D eigenvalue weighted by Gasteiger charge is 2.40. The monoisotopic (exact) mass is 297 g/mol. The van der Waals surface area contributed by atoms with E-state index in [1.165, 1.54) is 6.92 Å². The molecule has 0 aliphatic heterocycles. The van der Waals surface area contributed by atoms with E-state index in [1.54, 1.807) is 27.7 Å². The number of ether oxygens (including phenoxy) is 1. The number of halogens is 3. The van der Waals surface area contributed by atoms with Crippen LogP contribution in [0.5, 0.6) is 0 Å². The largest absolute Gasteiger partial charge is 0.465 e. The van der Waals surface area contributed by atoms with Gasteiger partial charge in [-0.3, -0.25) is 9.59 Å². The molecule has 0 saturated heterocycles. The van der Waals surface area contributed by atoms with Gasteiger partial charge in [0.15, 0.2) is 0 Å². The lowest BCUT2D eigenvalue weighted by molar-refractivity contribution is -0.157. The maximum atomic E-state index is 12.2. The predicted molar refractivity (Wildman–Crippen MR) is 67.9 cm³/mol. The van der Waals surface area contributed by atoms with Gasteiger partial charge in [0.1, 0.15) is 5.92 Å². The number of hydrogen-bond acceptors (Lipinski definition) is 3. The molecule has 0 aromatic carbocycles. The summed E-state index contributed by atoms with van der Waals surface area (Å²) in [7, 11) is 0. The van der Waals surface area contributed by atoms with Gasteiger partial charge < -0.3 is 10.1 Å². The zero-order chi connectivity index (χ0) is 16.1. The third kappa shape index (κ3) is 6.77. The first-order chi connectivity index (χ1) is 8.88. The van der Waals surface area contributed by atoms with Gasteiger partial charge in [-0.15, -0.1) is 0 Å². The number of alkyl halides is 3. The summed E-state index contributed by atoms with van der Waals surface area (Å²) in [6, 6.07) is -1.10. The van der Waals surface area contributed by atoms with Crippen molar-refractivity contribution in [3.63, 3.8) is 0 Å². The van der Waals surface area contributed by atoms with Gasteiger partial charge in [0.2, 0.25) is 5.91 Å². The molecule has 0 bridgehead atoms. The zero-order valence-electron chi connectivity index (χ0n) is 12.4. The second-order valence-electron chi connectivity index (χ2n) is 5.78. The Morgan fingerprint density at radius 2 is 1.70 bits per heavy atom. The standard InChI is InChI=1S/C13H22F3NO3/c1-6-20-11(19)9(12(3,4)5)10(18)17-8(2)7-13(14,15)16/h8-9H,6-7H2,1-5H3,(H,17,18). The summed E-state index contributed by atoms with van der Waals surface area (Å²) in [5.74, 6) is -2.61. The molecule has 0 heterocycles. The Balaban J connectivity index is 4.86. The molecule has 2 atom stereocenters. The first kappa shape index (κ1) is 18.7. The van der Waals surface area contributed by atoms with E-state index in [-0.39, 0.29) is 6.61 Å². The van der Waals surface area contributed by atoms with E-state index >= 15 is 0 Å². The maximum Gasteiger partial charge on any atom is 0.391 e. The molecule has 0 radical (unpaired) electrons. The van der Waals surface area contributed by atoms with Gasteiger partial charge in [-0.25, -0.2) is 0 Å². The first-order valence-corrected chi connectivity index (χ1v) is 6.42. The molecular weight excluding hydrogens is 275 g/mol. The lowest BCUT2D eigenvalue weighted by atomic mass is 9.80. The second-order valence-corrected chi connectivity index (χ2v) is 5.78. The van der Waals surface area contributed by atoms with E-state index in [4.69, 9.17) is 4.74 Å². The Hall–Kier alpha value is -1.27. The van der Waals surface area contributed by atoms with Crippen LogP contribution < -0.4 is 5.32 Å². The van der Waals surface area contributed by atoms with Crippen LogP contribution in [-0.4, -0.2) is 30.7 Å². The Kier molecular flexibility index (Phi) is 6.50. The number of carbonyl (C=O) groups is 2. The van der Waals surface area contributed by atoms with Crippen LogP contribution in [0.4, 0.5) is 13.2 Å². The maximum absolute atomic E-state index is 12.2. The minimum absolute atomic E-state index is 0.108. The fourth-order valence-electron chi connectivity index (χ4n) is 1.80. The van der Waals surface area contributed by atoms with Crippen LogP contribution in [0.1, 0.15) is 41.0 Å². The first-order valence-electron chi connectivity index (χ1n) is 6.42. The third-order valence-electron chi connectivity index (χ3n) is 2.58. The molecule has 0 aliphatic carbocycles. The number of rotatable bonds is 5. The van der Waals surface area contributed by atoms with Gasteiger partial charge in [0.25, 0.3) is 0 Å². The molecule has 0 aromatic heterocycles. The van der Waals surface area contributed by atoms with E-state index in [0.29, 0.717) is 0 Å². The van der Waals surface area contributed by atoms with E-state index in [2.05, 4.69) is 5.32 Å². The average molecular weight is 297 g/mol. The van der Waals surface area contributed by atoms with Crippen molar-refractivity contribution in [2.75, 3.05) is 6.61 Å². The van der Waals surface area contributed by atoms with Crippen LogP contribution in [-0.2, 0) is 14.3 Å². The molecular formula is C13H22F3NO3. The fourth-order valence-corrected chi connectivity index (χ4v) is 1.80. The van der Waals surface area contributed by atoms with Crippen molar-refractivity contribution >= 4 is 11.9 Å². The Labute approximate surface area is 117 Å². The van der Waals surface area contributed by atoms with Crippen LogP contribution in [0.25, 0.3) is 0 Å². The van der Waals surface area contributed by atoms with Gasteiger partial charge in [-0.1, -0.05) is 20.8 Å². The third-order valence-corrected chi connectivity index (χ3v) is 2.58. The molecule has 0 aromatic rings. The summed E-state index contributed by atoms with van der Waals surface area (Å²) in [6.45, 7) is 7.92. The molecule has 1 amide bonds. The molecule has 2 unspecified atom stereocenters. The normalized spacial score (nSPS) is 15.4. The van der Waals surface area contributed by atoms with Crippen LogP contribution >= 0.6 is 0 Å². The molecule has 0 fully saturated rings. The molecule has 20 heavy (non-hydrogen) atoms. The smallest absolute Gasteiger partial charge is 0.391 e. The van der Waals surface area contributed by atoms with Crippen LogP contribution in [0, 0.1) is 11.3 Å². The highest BCUT2D eigenvalue weighted by molar-refractivity contribution is 5.98. The van der Waals surface area contributed by atoms with Gasteiger partial charge >= 0.3 is 12.1 Å². The van der Waals surface area contributed by atoms with Gasteiger partial charge in [0.05, 0.1) is 13.0 Å². The van der Waals surface area contributed by atoms with Crippen molar-refractivity contribution in [2.24, 2.45) is 11.3 Å². The fraction of sp³-hybridized carbons (Fsp3) is 0.846. The summed E-state index contributed by atoms with van der Waals surface area (Å²) in [5.41, 5.74) is -0.742. The van der Waals surface area contributed by atoms with Crippen molar-refractivity contribution in [3.8, 4) is 0 Å². The quantitative estimate of drug-likeness (QED) is 0.627. The SMILES string of the molecule is CCOC(=O)C(C(=O)NC(C)CC(F)(F)F)C(C)(C)C. The molecule has 0 rings (SSSR count). The van der Waals surface area contributed by atoms with Crippen LogP contribution in [0.15, 0.2) is 0 Å². The molecule has 7 heteroatoms. The lowest BCUT2D eigenvalue weighted by Gasteiger charge is -2.29.